The molecule has 0 spiro atoms. The average molecular weight is 167 g/mol. The van der Waals surface area contributed by atoms with Crippen LogP contribution in [0.4, 0.5) is 0 Å². The van der Waals surface area contributed by atoms with E-state index in [-0.39, 0.29) is 12.3 Å². The Hall–Kier alpha value is -1.36. The molecule has 0 amide bonds. The van der Waals surface area contributed by atoms with E-state index in [2.05, 4.69) is 4.98 Å². The van der Waals surface area contributed by atoms with E-state index in [1.165, 1.54) is 6.20 Å². The molecule has 0 aromatic carbocycles. The predicted molar refractivity (Wildman–Crippen MR) is 41.1 cm³/mol. The molecule has 1 aromatic heterocycles. The van der Waals surface area contributed by atoms with Gasteiger partial charge in [-0.2, -0.15) is 0 Å². The molecule has 0 saturated carbocycles. The molecule has 1 aliphatic rings. The quantitative estimate of drug-likeness (QED) is 0.598. The van der Waals surface area contributed by atoms with Crippen LogP contribution < -0.4 is 10.5 Å². The molecule has 2 heterocycles. The monoisotopic (exact) mass is 167 g/mol. The Labute approximate surface area is 69.1 Å². The van der Waals surface area contributed by atoms with Crippen LogP contribution in [-0.2, 0) is 6.54 Å². The van der Waals surface area contributed by atoms with Crippen molar-refractivity contribution >= 4 is 5.78 Å². The number of nitrogens with two attached hydrogens (primary N) is 1. The number of carbonyl (C=O) groups excluding carboxylic acids is 1. The summed E-state index contributed by atoms with van der Waals surface area (Å²) in [7, 11) is 0. The second kappa shape index (κ2) is 2.60. The minimum atomic E-state index is -0.0979. The molecule has 0 unspecified atom stereocenters. The third kappa shape index (κ3) is 0.902. The SMILES string of the molecule is NCC(=O)c1cnc2n1CCO2. The number of ether oxygens (including phenoxy) is 1. The highest BCUT2D eigenvalue weighted by Gasteiger charge is 2.20. The van der Waals surface area contributed by atoms with Gasteiger partial charge in [0, 0.05) is 0 Å². The first-order chi connectivity index (χ1) is 5.83. The van der Waals surface area contributed by atoms with E-state index in [4.69, 9.17) is 10.5 Å². The summed E-state index contributed by atoms with van der Waals surface area (Å²) in [4.78, 5) is 15.1. The third-order valence-corrected chi connectivity index (χ3v) is 1.84. The maximum absolute atomic E-state index is 11.2. The molecule has 5 heteroatoms. The lowest BCUT2D eigenvalue weighted by atomic mass is 10.3. The summed E-state index contributed by atoms with van der Waals surface area (Å²) in [6.07, 6.45) is 1.50. The molecule has 2 rings (SSSR count). The van der Waals surface area contributed by atoms with Crippen molar-refractivity contribution in [1.82, 2.24) is 9.55 Å². The van der Waals surface area contributed by atoms with Gasteiger partial charge in [0.2, 0.25) is 0 Å². The third-order valence-electron chi connectivity index (χ3n) is 1.84. The first-order valence-electron chi connectivity index (χ1n) is 3.74. The van der Waals surface area contributed by atoms with Crippen LogP contribution in [0.2, 0.25) is 0 Å². The van der Waals surface area contributed by atoms with Gasteiger partial charge in [0.05, 0.1) is 19.3 Å². The minimum absolute atomic E-state index is 0.0190. The van der Waals surface area contributed by atoms with Crippen molar-refractivity contribution in [2.75, 3.05) is 13.2 Å². The normalized spacial score (nSPS) is 14.1. The Bertz CT molecular complexity index is 318. The number of Topliss-reactive ketones (excluding diaryl/α,β-unsaturated/α-hetero) is 1. The van der Waals surface area contributed by atoms with Gasteiger partial charge in [-0.15, -0.1) is 0 Å². The van der Waals surface area contributed by atoms with E-state index in [9.17, 15) is 4.79 Å². The summed E-state index contributed by atoms with van der Waals surface area (Å²) >= 11 is 0. The van der Waals surface area contributed by atoms with Crippen molar-refractivity contribution in [3.63, 3.8) is 0 Å². The summed E-state index contributed by atoms with van der Waals surface area (Å²) in [6, 6.07) is 0.520. The molecule has 12 heavy (non-hydrogen) atoms. The van der Waals surface area contributed by atoms with Crippen molar-refractivity contribution in [2.45, 2.75) is 6.54 Å². The number of aromatic nitrogens is 2. The second-order valence-electron chi connectivity index (χ2n) is 2.55. The second-order valence-corrected chi connectivity index (χ2v) is 2.55. The van der Waals surface area contributed by atoms with Crippen molar-refractivity contribution in [1.29, 1.82) is 0 Å². The predicted octanol–water partition coefficient (Wildman–Crippen LogP) is -0.583. The molecular formula is C7H9N3O2. The highest BCUT2D eigenvalue weighted by Crippen LogP contribution is 2.17. The molecule has 0 atom stereocenters. The lowest BCUT2D eigenvalue weighted by molar-refractivity contribution is 0.0993. The van der Waals surface area contributed by atoms with Crippen LogP contribution in [0, 0.1) is 0 Å². The zero-order chi connectivity index (χ0) is 8.55. The van der Waals surface area contributed by atoms with Crippen molar-refractivity contribution in [3.8, 4) is 6.01 Å². The standard InChI is InChI=1S/C7H9N3O2/c8-3-6(11)5-4-9-7-10(5)1-2-12-7/h4H,1-3,8H2. The number of rotatable bonds is 2. The number of hydrogen-bond donors (Lipinski definition) is 1. The summed E-state index contributed by atoms with van der Waals surface area (Å²) in [5.41, 5.74) is 5.77. The van der Waals surface area contributed by atoms with Crippen LogP contribution in [-0.4, -0.2) is 28.5 Å². The first kappa shape index (κ1) is 7.30. The van der Waals surface area contributed by atoms with E-state index in [1.807, 2.05) is 0 Å². The fourth-order valence-corrected chi connectivity index (χ4v) is 1.25. The van der Waals surface area contributed by atoms with Crippen LogP contribution in [0.3, 0.4) is 0 Å². The van der Waals surface area contributed by atoms with Gasteiger partial charge < -0.3 is 10.5 Å². The number of imidazole rings is 1. The van der Waals surface area contributed by atoms with Gasteiger partial charge in [0.15, 0.2) is 5.78 Å². The van der Waals surface area contributed by atoms with Gasteiger partial charge in [-0.05, 0) is 0 Å². The molecule has 1 aromatic rings. The lowest BCUT2D eigenvalue weighted by Gasteiger charge is -1.97. The number of nitrogens with zero attached hydrogens (tertiary/aromatic N) is 2. The number of fused-ring (bicyclic) bond motifs is 1. The van der Waals surface area contributed by atoms with E-state index in [0.29, 0.717) is 24.9 Å². The molecular weight excluding hydrogens is 158 g/mol. The molecule has 0 fully saturated rings. The van der Waals surface area contributed by atoms with Crippen LogP contribution in [0.15, 0.2) is 6.20 Å². The highest BCUT2D eigenvalue weighted by molar-refractivity contribution is 5.96. The Morgan fingerprint density at radius 3 is 3.42 bits per heavy atom. The Kier molecular flexibility index (Phi) is 1.58. The zero-order valence-corrected chi connectivity index (χ0v) is 6.49. The van der Waals surface area contributed by atoms with Crippen LogP contribution in [0.1, 0.15) is 10.5 Å². The van der Waals surface area contributed by atoms with Crippen LogP contribution >= 0.6 is 0 Å². The highest BCUT2D eigenvalue weighted by atomic mass is 16.5. The van der Waals surface area contributed by atoms with Crippen LogP contribution in [0.25, 0.3) is 0 Å². The summed E-state index contributed by atoms with van der Waals surface area (Å²) in [5, 5.41) is 0. The summed E-state index contributed by atoms with van der Waals surface area (Å²) in [6.45, 7) is 1.30. The van der Waals surface area contributed by atoms with E-state index < -0.39 is 0 Å². The summed E-state index contributed by atoms with van der Waals surface area (Å²) in [5.74, 6) is -0.0979. The largest absolute Gasteiger partial charge is 0.463 e. The molecule has 0 bridgehead atoms. The zero-order valence-electron chi connectivity index (χ0n) is 6.49. The summed E-state index contributed by atoms with van der Waals surface area (Å²) < 4.78 is 6.88. The van der Waals surface area contributed by atoms with Gasteiger partial charge in [-0.1, -0.05) is 0 Å². The Morgan fingerprint density at radius 1 is 1.83 bits per heavy atom. The molecule has 0 saturated heterocycles. The van der Waals surface area contributed by atoms with Crippen molar-refractivity contribution in [2.24, 2.45) is 5.73 Å². The smallest absolute Gasteiger partial charge is 0.297 e. The fourth-order valence-electron chi connectivity index (χ4n) is 1.25. The minimum Gasteiger partial charge on any atom is -0.463 e. The van der Waals surface area contributed by atoms with Gasteiger partial charge in [0.25, 0.3) is 6.01 Å². The molecule has 64 valence electrons. The molecule has 0 aliphatic carbocycles. The molecule has 5 nitrogen and oxygen atoms in total. The van der Waals surface area contributed by atoms with Crippen molar-refractivity contribution < 1.29 is 9.53 Å². The van der Waals surface area contributed by atoms with Gasteiger partial charge in [-0.3, -0.25) is 9.36 Å². The maximum atomic E-state index is 11.2. The topological polar surface area (TPSA) is 70.1 Å². The van der Waals surface area contributed by atoms with Gasteiger partial charge in [-0.25, -0.2) is 4.98 Å². The first-order valence-corrected chi connectivity index (χ1v) is 3.74. The van der Waals surface area contributed by atoms with Gasteiger partial charge in [0.1, 0.15) is 12.3 Å². The number of hydrogen-bond acceptors (Lipinski definition) is 4. The van der Waals surface area contributed by atoms with Crippen LogP contribution in [0.5, 0.6) is 6.01 Å². The number of ketones is 1. The maximum Gasteiger partial charge on any atom is 0.297 e. The van der Waals surface area contributed by atoms with Gasteiger partial charge >= 0.3 is 0 Å². The lowest BCUT2D eigenvalue weighted by Crippen LogP contribution is -2.17. The Morgan fingerprint density at radius 2 is 2.67 bits per heavy atom. The molecule has 1 aliphatic heterocycles. The molecule has 0 radical (unpaired) electrons. The Balaban J connectivity index is 2.39. The van der Waals surface area contributed by atoms with Crippen molar-refractivity contribution in [3.05, 3.63) is 11.9 Å². The fraction of sp³-hybridized carbons (Fsp3) is 0.429. The average Bonchev–Trinajstić information content (AvgIpc) is 2.62. The number of carbonyl (C=O) groups is 1. The molecule has 2 N–H and O–H groups in total. The van der Waals surface area contributed by atoms with E-state index >= 15 is 0 Å². The van der Waals surface area contributed by atoms with E-state index in [0.717, 1.165) is 0 Å². The van der Waals surface area contributed by atoms with E-state index in [1.54, 1.807) is 4.57 Å².